The predicted molar refractivity (Wildman–Crippen MR) is 120 cm³/mol. The second-order valence-corrected chi connectivity index (χ2v) is 9.65. The Morgan fingerprint density at radius 1 is 0.906 bits per heavy atom. The highest BCUT2D eigenvalue weighted by atomic mass is 19.3. The average molecular weight is 453 g/mol. The first-order valence-electron chi connectivity index (χ1n) is 12.3. The lowest BCUT2D eigenvalue weighted by atomic mass is 9.69. The molecule has 0 spiro atoms. The summed E-state index contributed by atoms with van der Waals surface area (Å²) in [4.78, 5) is 0. The summed E-state index contributed by atoms with van der Waals surface area (Å²) in [5.74, 6) is 9.21. The van der Waals surface area contributed by atoms with Crippen LogP contribution in [0.25, 0.3) is 0 Å². The Morgan fingerprint density at radius 2 is 1.50 bits per heavy atom. The molecule has 1 nitrogen and oxygen atoms in total. The molecule has 3 rings (SSSR count). The number of hydrogen-bond acceptors (Lipinski definition) is 1. The molecule has 5 heteroatoms. The van der Waals surface area contributed by atoms with Gasteiger partial charge in [0, 0.05) is 11.5 Å². The molecular weight excluding hydrogens is 416 g/mol. The van der Waals surface area contributed by atoms with Crippen LogP contribution in [0.15, 0.2) is 24.3 Å². The van der Waals surface area contributed by atoms with E-state index in [1.165, 1.54) is 88.5 Å². The number of hydrogen-bond donors (Lipinski definition) is 0. The van der Waals surface area contributed by atoms with E-state index in [0.29, 0.717) is 11.5 Å². The molecule has 0 saturated heterocycles. The third-order valence-electron chi connectivity index (χ3n) is 7.33. The average Bonchev–Trinajstić information content (AvgIpc) is 2.79. The van der Waals surface area contributed by atoms with Crippen LogP contribution < -0.4 is 4.74 Å². The molecule has 0 atom stereocenters. The second kappa shape index (κ2) is 12.0. The zero-order chi connectivity index (χ0) is 23.0. The zero-order valence-corrected chi connectivity index (χ0v) is 19.1. The maximum atomic E-state index is 13.0. The maximum Gasteiger partial charge on any atom is 0.461 e. The Hall–Kier alpha value is -1.70. The summed E-state index contributed by atoms with van der Waals surface area (Å²) in [6.45, 7) is 2.27. The van der Waals surface area contributed by atoms with E-state index in [0.717, 1.165) is 30.6 Å². The Morgan fingerprint density at radius 3 is 2.06 bits per heavy atom. The highest BCUT2D eigenvalue weighted by Crippen LogP contribution is 2.42. The van der Waals surface area contributed by atoms with E-state index in [4.69, 9.17) is 0 Å². The minimum absolute atomic E-state index is 0.290. The number of ether oxygens (including phenoxy) is 1. The summed E-state index contributed by atoms with van der Waals surface area (Å²) in [6.07, 6.45) is 7.52. The lowest BCUT2D eigenvalue weighted by molar-refractivity contribution is -0.253. The fourth-order valence-corrected chi connectivity index (χ4v) is 5.36. The highest BCUT2D eigenvalue weighted by Gasteiger charge is 2.43. The van der Waals surface area contributed by atoms with Gasteiger partial charge in [-0.15, -0.1) is 0 Å². The molecule has 0 heterocycles. The van der Waals surface area contributed by atoms with Gasteiger partial charge in [-0.3, -0.25) is 0 Å². The SMILES string of the molecule is CCCCC[C@H]1CC[C@H](C2CCC(C#Cc3ccc(OC(F)(F)C(F)F)cc3)CC2)CC1. The fourth-order valence-electron chi connectivity index (χ4n) is 5.36. The summed E-state index contributed by atoms with van der Waals surface area (Å²) in [7, 11) is 0. The maximum absolute atomic E-state index is 13.0. The Kier molecular flexibility index (Phi) is 9.32. The number of alkyl halides is 4. The van der Waals surface area contributed by atoms with Crippen molar-refractivity contribution < 1.29 is 22.3 Å². The molecule has 2 saturated carbocycles. The number of benzene rings is 1. The molecule has 178 valence electrons. The van der Waals surface area contributed by atoms with Crippen LogP contribution in [-0.4, -0.2) is 12.5 Å². The molecule has 1 aromatic rings. The molecule has 1 aromatic carbocycles. The highest BCUT2D eigenvalue weighted by molar-refractivity contribution is 5.38. The van der Waals surface area contributed by atoms with Gasteiger partial charge in [0.05, 0.1) is 0 Å². The van der Waals surface area contributed by atoms with Crippen molar-refractivity contribution in [3.63, 3.8) is 0 Å². The van der Waals surface area contributed by atoms with Gasteiger partial charge in [0.1, 0.15) is 5.75 Å². The lowest BCUT2D eigenvalue weighted by Crippen LogP contribution is -2.33. The third kappa shape index (κ3) is 7.42. The van der Waals surface area contributed by atoms with Crippen LogP contribution >= 0.6 is 0 Å². The van der Waals surface area contributed by atoms with Crippen molar-refractivity contribution >= 4 is 0 Å². The van der Waals surface area contributed by atoms with Gasteiger partial charge < -0.3 is 4.74 Å². The topological polar surface area (TPSA) is 9.23 Å². The Bertz CT molecular complexity index is 733. The number of unbranched alkanes of at least 4 members (excludes halogenated alkanes) is 2. The van der Waals surface area contributed by atoms with E-state index in [-0.39, 0.29) is 5.75 Å². The van der Waals surface area contributed by atoms with Crippen molar-refractivity contribution in [2.45, 2.75) is 96.5 Å². The van der Waals surface area contributed by atoms with E-state index in [2.05, 4.69) is 23.5 Å². The van der Waals surface area contributed by atoms with Crippen LogP contribution in [-0.2, 0) is 0 Å². The normalized spacial score (nSPS) is 26.4. The number of halogens is 4. The fraction of sp³-hybridized carbons (Fsp3) is 0.704. The quantitative estimate of drug-likeness (QED) is 0.218. The van der Waals surface area contributed by atoms with Crippen LogP contribution in [0.3, 0.4) is 0 Å². The van der Waals surface area contributed by atoms with Gasteiger partial charge in [0.15, 0.2) is 0 Å². The Labute approximate surface area is 190 Å². The zero-order valence-electron chi connectivity index (χ0n) is 19.1. The molecule has 0 bridgehead atoms. The van der Waals surface area contributed by atoms with Crippen molar-refractivity contribution in [1.29, 1.82) is 0 Å². The predicted octanol–water partition coefficient (Wildman–Crippen LogP) is 8.47. The summed E-state index contributed by atoms with van der Waals surface area (Å²) < 4.78 is 54.5. The van der Waals surface area contributed by atoms with E-state index >= 15 is 0 Å². The van der Waals surface area contributed by atoms with Crippen LogP contribution in [0.4, 0.5) is 17.6 Å². The molecular formula is C27H36F4O. The first kappa shape index (κ1) is 24.9. The van der Waals surface area contributed by atoms with Crippen LogP contribution in [0, 0.1) is 35.5 Å². The minimum Gasteiger partial charge on any atom is -0.428 e. The third-order valence-corrected chi connectivity index (χ3v) is 7.33. The van der Waals surface area contributed by atoms with E-state index < -0.39 is 12.5 Å². The van der Waals surface area contributed by atoms with Crippen molar-refractivity contribution in [2.24, 2.45) is 23.7 Å². The first-order chi connectivity index (χ1) is 15.4. The molecule has 0 amide bonds. The molecule has 0 unspecified atom stereocenters. The standard InChI is InChI=1S/C27H36F4O/c1-2-3-4-5-20-8-14-23(15-9-20)24-16-10-21(11-17-24)6-7-22-12-18-25(19-13-22)32-27(30,31)26(28)29/h12-13,18-21,23-24,26H,2-5,8-11,14-17H2,1H3/t20-,21?,23-,24?. The minimum atomic E-state index is -4.49. The molecule has 0 N–H and O–H groups in total. The molecule has 2 aliphatic carbocycles. The molecule has 2 fully saturated rings. The van der Waals surface area contributed by atoms with E-state index in [1.807, 2.05) is 0 Å². The molecule has 2 aliphatic rings. The second-order valence-electron chi connectivity index (χ2n) is 9.65. The van der Waals surface area contributed by atoms with E-state index in [9.17, 15) is 17.6 Å². The van der Waals surface area contributed by atoms with Gasteiger partial charge >= 0.3 is 12.5 Å². The van der Waals surface area contributed by atoms with E-state index in [1.54, 1.807) is 0 Å². The van der Waals surface area contributed by atoms with Gasteiger partial charge in [-0.25, -0.2) is 0 Å². The van der Waals surface area contributed by atoms with Crippen LogP contribution in [0.5, 0.6) is 5.75 Å². The number of rotatable bonds is 8. The van der Waals surface area contributed by atoms with Gasteiger partial charge in [-0.1, -0.05) is 57.3 Å². The summed E-state index contributed by atoms with van der Waals surface area (Å²) in [5, 5.41) is 0. The molecule has 32 heavy (non-hydrogen) atoms. The summed E-state index contributed by atoms with van der Waals surface area (Å²) in [5.41, 5.74) is 0.682. The Balaban J connectivity index is 1.40. The van der Waals surface area contributed by atoms with Gasteiger partial charge in [0.2, 0.25) is 0 Å². The van der Waals surface area contributed by atoms with Gasteiger partial charge in [0.25, 0.3) is 0 Å². The smallest absolute Gasteiger partial charge is 0.428 e. The van der Waals surface area contributed by atoms with Crippen LogP contribution in [0.2, 0.25) is 0 Å². The van der Waals surface area contributed by atoms with Crippen molar-refractivity contribution in [3.8, 4) is 17.6 Å². The van der Waals surface area contributed by atoms with Crippen molar-refractivity contribution in [3.05, 3.63) is 29.8 Å². The molecule has 0 aliphatic heterocycles. The summed E-state index contributed by atoms with van der Waals surface area (Å²) in [6, 6.07) is 5.59. The first-order valence-corrected chi connectivity index (χ1v) is 12.3. The molecule has 0 aromatic heterocycles. The van der Waals surface area contributed by atoms with Gasteiger partial charge in [-0.2, -0.15) is 17.6 Å². The molecule has 0 radical (unpaired) electrons. The van der Waals surface area contributed by atoms with Crippen molar-refractivity contribution in [2.75, 3.05) is 0 Å². The van der Waals surface area contributed by atoms with Crippen LogP contribution in [0.1, 0.15) is 89.5 Å². The van der Waals surface area contributed by atoms with Gasteiger partial charge in [-0.05, 0) is 80.5 Å². The monoisotopic (exact) mass is 452 g/mol. The summed E-state index contributed by atoms with van der Waals surface area (Å²) >= 11 is 0. The lowest BCUT2D eigenvalue weighted by Gasteiger charge is -2.37. The largest absolute Gasteiger partial charge is 0.461 e. The van der Waals surface area contributed by atoms with Crippen molar-refractivity contribution in [1.82, 2.24) is 0 Å².